The summed E-state index contributed by atoms with van der Waals surface area (Å²) in [6.07, 6.45) is 1.63. The van der Waals surface area contributed by atoms with Crippen LogP contribution in [0.2, 0.25) is 5.02 Å². The van der Waals surface area contributed by atoms with E-state index in [0.29, 0.717) is 42.5 Å². The summed E-state index contributed by atoms with van der Waals surface area (Å²) >= 11 is 5.85. The number of halogens is 1. The Morgan fingerprint density at radius 2 is 1.76 bits per heavy atom. The van der Waals surface area contributed by atoms with E-state index in [0.717, 1.165) is 5.82 Å². The molecule has 0 radical (unpaired) electrons. The van der Waals surface area contributed by atoms with Crippen molar-refractivity contribution in [3.05, 3.63) is 53.2 Å². The number of nitrogens with one attached hydrogen (secondary N) is 1. The van der Waals surface area contributed by atoms with E-state index >= 15 is 0 Å². The summed E-state index contributed by atoms with van der Waals surface area (Å²) in [5, 5.41) is 3.46. The Hall–Kier alpha value is -2.60. The van der Waals surface area contributed by atoms with Gasteiger partial charge in [-0.3, -0.25) is 9.59 Å². The van der Waals surface area contributed by atoms with E-state index in [2.05, 4.69) is 15.2 Å². The highest BCUT2D eigenvalue weighted by Crippen LogP contribution is 2.18. The molecule has 25 heavy (non-hydrogen) atoms. The lowest BCUT2D eigenvalue weighted by molar-refractivity contribution is -0.129. The number of pyridine rings is 1. The monoisotopic (exact) mass is 358 g/mol. The molecule has 7 heteroatoms. The van der Waals surface area contributed by atoms with Gasteiger partial charge in [-0.2, -0.15) is 0 Å². The van der Waals surface area contributed by atoms with Crippen LogP contribution in [-0.2, 0) is 4.79 Å². The van der Waals surface area contributed by atoms with E-state index in [1.54, 1.807) is 49.5 Å². The number of nitrogens with zero attached hydrogens (tertiary/aromatic N) is 3. The van der Waals surface area contributed by atoms with Crippen LogP contribution in [0.4, 0.5) is 11.5 Å². The lowest BCUT2D eigenvalue weighted by Gasteiger charge is -2.35. The van der Waals surface area contributed by atoms with Gasteiger partial charge in [0.25, 0.3) is 5.91 Å². The molecule has 6 nitrogen and oxygen atoms in total. The SMILES string of the molecule is CC(=O)N1CCN(c2cc(C(=O)Nc3ccc(Cl)cc3)ccn2)CC1. The van der Waals surface area contributed by atoms with Gasteiger partial charge in [-0.1, -0.05) is 11.6 Å². The molecule has 2 heterocycles. The Balaban J connectivity index is 1.68. The van der Waals surface area contributed by atoms with Crippen LogP contribution in [0.3, 0.4) is 0 Å². The van der Waals surface area contributed by atoms with Crippen molar-refractivity contribution in [1.82, 2.24) is 9.88 Å². The van der Waals surface area contributed by atoms with Crippen molar-refractivity contribution < 1.29 is 9.59 Å². The van der Waals surface area contributed by atoms with Crippen molar-refractivity contribution in [1.29, 1.82) is 0 Å². The second kappa shape index (κ2) is 7.53. The third kappa shape index (κ3) is 4.28. The van der Waals surface area contributed by atoms with E-state index in [1.807, 2.05) is 4.90 Å². The van der Waals surface area contributed by atoms with Crippen LogP contribution in [0.5, 0.6) is 0 Å². The Labute approximate surface area is 151 Å². The molecule has 1 aliphatic heterocycles. The summed E-state index contributed by atoms with van der Waals surface area (Å²) < 4.78 is 0. The molecule has 0 spiro atoms. The molecule has 3 rings (SSSR count). The zero-order valence-corrected chi connectivity index (χ0v) is 14.7. The fourth-order valence-corrected chi connectivity index (χ4v) is 2.85. The van der Waals surface area contributed by atoms with Crippen molar-refractivity contribution in [3.63, 3.8) is 0 Å². The lowest BCUT2D eigenvalue weighted by Crippen LogP contribution is -2.48. The normalized spacial score (nSPS) is 14.3. The number of aromatic nitrogens is 1. The molecular formula is C18H19ClN4O2. The number of hydrogen-bond donors (Lipinski definition) is 1. The van der Waals surface area contributed by atoms with Gasteiger partial charge in [-0.05, 0) is 36.4 Å². The number of benzene rings is 1. The lowest BCUT2D eigenvalue weighted by atomic mass is 10.2. The second-order valence-corrected chi connectivity index (χ2v) is 6.29. The number of hydrogen-bond acceptors (Lipinski definition) is 4. The van der Waals surface area contributed by atoms with Crippen LogP contribution in [0.15, 0.2) is 42.6 Å². The molecule has 2 amide bonds. The maximum Gasteiger partial charge on any atom is 0.255 e. The maximum absolute atomic E-state index is 12.4. The number of amides is 2. The quantitative estimate of drug-likeness (QED) is 0.916. The predicted octanol–water partition coefficient (Wildman–Crippen LogP) is 2.66. The molecule has 0 unspecified atom stereocenters. The highest BCUT2D eigenvalue weighted by Gasteiger charge is 2.20. The molecule has 1 aromatic carbocycles. The Bertz CT molecular complexity index is 771. The first-order valence-corrected chi connectivity index (χ1v) is 8.44. The highest BCUT2D eigenvalue weighted by atomic mass is 35.5. The number of rotatable bonds is 3. The van der Waals surface area contributed by atoms with Gasteiger partial charge in [-0.15, -0.1) is 0 Å². The van der Waals surface area contributed by atoms with E-state index in [4.69, 9.17) is 11.6 Å². The minimum atomic E-state index is -0.201. The molecule has 0 bridgehead atoms. The van der Waals surface area contributed by atoms with E-state index in [-0.39, 0.29) is 11.8 Å². The first-order chi connectivity index (χ1) is 12.0. The van der Waals surface area contributed by atoms with Gasteiger partial charge in [0.15, 0.2) is 0 Å². The maximum atomic E-state index is 12.4. The van der Waals surface area contributed by atoms with Crippen LogP contribution in [0.25, 0.3) is 0 Å². The molecule has 2 aromatic rings. The molecule has 1 aliphatic rings. The molecule has 0 aliphatic carbocycles. The van der Waals surface area contributed by atoms with Crippen LogP contribution < -0.4 is 10.2 Å². The molecule has 130 valence electrons. The Morgan fingerprint density at radius 3 is 2.40 bits per heavy atom. The molecule has 1 saturated heterocycles. The molecule has 1 N–H and O–H groups in total. The van der Waals surface area contributed by atoms with Gasteiger partial charge in [-0.25, -0.2) is 4.98 Å². The molecule has 1 aromatic heterocycles. The van der Waals surface area contributed by atoms with Gasteiger partial charge in [0.05, 0.1) is 0 Å². The summed E-state index contributed by atoms with van der Waals surface area (Å²) in [7, 11) is 0. The number of anilines is 2. The van der Waals surface area contributed by atoms with Crippen LogP contribution >= 0.6 is 11.6 Å². The predicted molar refractivity (Wildman–Crippen MR) is 98.1 cm³/mol. The summed E-state index contributed by atoms with van der Waals surface area (Å²) in [4.78, 5) is 32.1. The summed E-state index contributed by atoms with van der Waals surface area (Å²) in [5.41, 5.74) is 1.22. The fourth-order valence-electron chi connectivity index (χ4n) is 2.72. The standard InChI is InChI=1S/C18H19ClN4O2/c1-13(24)22-8-10-23(11-9-22)17-12-14(6-7-20-17)18(25)21-16-4-2-15(19)3-5-16/h2-7,12H,8-11H2,1H3,(H,21,25). The summed E-state index contributed by atoms with van der Waals surface area (Å²) in [5.74, 6) is 0.629. The van der Waals surface area contributed by atoms with Gasteiger partial charge in [0.1, 0.15) is 5.82 Å². The molecule has 0 saturated carbocycles. The van der Waals surface area contributed by atoms with E-state index in [1.165, 1.54) is 0 Å². The zero-order chi connectivity index (χ0) is 17.8. The number of piperazine rings is 1. The Kier molecular flexibility index (Phi) is 5.19. The van der Waals surface area contributed by atoms with E-state index < -0.39 is 0 Å². The van der Waals surface area contributed by atoms with Crippen LogP contribution in [0.1, 0.15) is 17.3 Å². The van der Waals surface area contributed by atoms with Crippen molar-refractivity contribution >= 4 is 34.9 Å². The number of carbonyl (C=O) groups is 2. The minimum absolute atomic E-state index is 0.0868. The van der Waals surface area contributed by atoms with Crippen molar-refractivity contribution in [2.75, 3.05) is 36.4 Å². The highest BCUT2D eigenvalue weighted by molar-refractivity contribution is 6.30. The van der Waals surface area contributed by atoms with Crippen LogP contribution in [0, 0.1) is 0 Å². The largest absolute Gasteiger partial charge is 0.353 e. The first kappa shape index (κ1) is 17.2. The third-order valence-electron chi connectivity index (χ3n) is 4.16. The topological polar surface area (TPSA) is 65.5 Å². The molecule has 1 fully saturated rings. The first-order valence-electron chi connectivity index (χ1n) is 8.06. The Morgan fingerprint density at radius 1 is 1.08 bits per heavy atom. The van der Waals surface area contributed by atoms with Gasteiger partial charge < -0.3 is 15.1 Å². The molecule has 0 atom stereocenters. The summed E-state index contributed by atoms with van der Waals surface area (Å²) in [6.45, 7) is 4.32. The third-order valence-corrected chi connectivity index (χ3v) is 4.41. The van der Waals surface area contributed by atoms with Crippen LogP contribution in [-0.4, -0.2) is 47.9 Å². The van der Waals surface area contributed by atoms with Gasteiger partial charge in [0, 0.05) is 55.6 Å². The average Bonchev–Trinajstić information content (AvgIpc) is 2.64. The van der Waals surface area contributed by atoms with Gasteiger partial charge in [0.2, 0.25) is 5.91 Å². The fraction of sp³-hybridized carbons (Fsp3) is 0.278. The summed E-state index contributed by atoms with van der Waals surface area (Å²) in [6, 6.07) is 10.4. The minimum Gasteiger partial charge on any atom is -0.353 e. The average molecular weight is 359 g/mol. The van der Waals surface area contributed by atoms with Crippen molar-refractivity contribution in [2.45, 2.75) is 6.92 Å². The smallest absolute Gasteiger partial charge is 0.255 e. The van der Waals surface area contributed by atoms with Crippen molar-refractivity contribution in [3.8, 4) is 0 Å². The number of carbonyl (C=O) groups excluding carboxylic acids is 2. The molecular weight excluding hydrogens is 340 g/mol. The second-order valence-electron chi connectivity index (χ2n) is 5.86. The van der Waals surface area contributed by atoms with E-state index in [9.17, 15) is 9.59 Å². The zero-order valence-electron chi connectivity index (χ0n) is 13.9. The van der Waals surface area contributed by atoms with Crippen molar-refractivity contribution in [2.24, 2.45) is 0 Å². The van der Waals surface area contributed by atoms with Gasteiger partial charge >= 0.3 is 0 Å².